The van der Waals surface area contributed by atoms with Gasteiger partial charge in [-0.15, -0.1) is 0 Å². The Balaban J connectivity index is 1.88. The van der Waals surface area contributed by atoms with Crippen molar-refractivity contribution in [2.45, 2.75) is 38.0 Å². The van der Waals surface area contributed by atoms with Crippen LogP contribution >= 0.6 is 11.8 Å². The first-order valence-corrected chi connectivity index (χ1v) is 8.35. The highest BCUT2D eigenvalue weighted by Gasteiger charge is 2.28. The van der Waals surface area contributed by atoms with Crippen molar-refractivity contribution in [3.63, 3.8) is 0 Å². The normalized spacial score (nSPS) is 27.1. The van der Waals surface area contributed by atoms with Crippen LogP contribution in [0.3, 0.4) is 0 Å². The molecule has 6 nitrogen and oxygen atoms in total. The molecule has 1 aromatic rings. The molecule has 1 aromatic heterocycles. The first-order valence-electron chi connectivity index (χ1n) is 7.30. The summed E-state index contributed by atoms with van der Waals surface area (Å²) in [4.78, 5) is 17.8. The number of thioether (sulfide) groups is 1. The molecule has 2 saturated heterocycles. The van der Waals surface area contributed by atoms with E-state index in [1.807, 2.05) is 11.8 Å². The van der Waals surface area contributed by atoms with E-state index < -0.39 is 0 Å². The van der Waals surface area contributed by atoms with Gasteiger partial charge in [0.05, 0.1) is 0 Å². The van der Waals surface area contributed by atoms with E-state index in [0.29, 0.717) is 17.2 Å². The molecule has 110 valence electrons. The molecule has 2 atom stereocenters. The minimum absolute atomic E-state index is 0.329. The SMILES string of the molecule is CC1SCCN(c2nc(N)nc(N3CCCC3)n2)C1C. The number of nitrogen functional groups attached to an aromatic ring is 1. The van der Waals surface area contributed by atoms with Crippen LogP contribution in [0.25, 0.3) is 0 Å². The van der Waals surface area contributed by atoms with Gasteiger partial charge in [-0.05, 0) is 19.8 Å². The molecular weight excluding hydrogens is 272 g/mol. The summed E-state index contributed by atoms with van der Waals surface area (Å²) < 4.78 is 0. The summed E-state index contributed by atoms with van der Waals surface area (Å²) >= 11 is 2.00. The fourth-order valence-corrected chi connectivity index (χ4v) is 3.87. The molecule has 2 N–H and O–H groups in total. The average Bonchev–Trinajstić information content (AvgIpc) is 2.95. The topological polar surface area (TPSA) is 71.2 Å². The molecule has 2 unspecified atom stereocenters. The summed E-state index contributed by atoms with van der Waals surface area (Å²) in [7, 11) is 0. The first-order chi connectivity index (χ1) is 9.65. The van der Waals surface area contributed by atoms with E-state index in [0.717, 1.165) is 37.3 Å². The molecule has 0 aromatic carbocycles. The zero-order chi connectivity index (χ0) is 14.1. The molecule has 0 aliphatic carbocycles. The van der Waals surface area contributed by atoms with Crippen molar-refractivity contribution >= 4 is 29.6 Å². The summed E-state index contributed by atoms with van der Waals surface area (Å²) in [6, 6.07) is 0.418. The average molecular weight is 294 g/mol. The molecule has 0 saturated carbocycles. The van der Waals surface area contributed by atoms with Gasteiger partial charge in [-0.25, -0.2) is 0 Å². The van der Waals surface area contributed by atoms with Gasteiger partial charge in [0.1, 0.15) is 0 Å². The number of hydrogen-bond acceptors (Lipinski definition) is 7. The van der Waals surface area contributed by atoms with Crippen molar-refractivity contribution < 1.29 is 0 Å². The number of anilines is 3. The summed E-state index contributed by atoms with van der Waals surface area (Å²) in [5.74, 6) is 2.91. The Morgan fingerprint density at radius 3 is 2.50 bits per heavy atom. The van der Waals surface area contributed by atoms with E-state index in [1.165, 1.54) is 12.8 Å². The Hall–Kier alpha value is -1.24. The number of rotatable bonds is 2. The Bertz CT molecular complexity index is 476. The van der Waals surface area contributed by atoms with E-state index in [9.17, 15) is 0 Å². The van der Waals surface area contributed by atoms with Crippen molar-refractivity contribution in [1.82, 2.24) is 15.0 Å². The molecule has 0 bridgehead atoms. The zero-order valence-corrected chi connectivity index (χ0v) is 12.9. The lowest BCUT2D eigenvalue weighted by atomic mass is 10.2. The van der Waals surface area contributed by atoms with Gasteiger partial charge in [0, 0.05) is 36.7 Å². The van der Waals surface area contributed by atoms with Gasteiger partial charge in [-0.2, -0.15) is 26.7 Å². The predicted molar refractivity (Wildman–Crippen MR) is 84.4 cm³/mol. The third-order valence-electron chi connectivity index (χ3n) is 4.16. The number of aromatic nitrogens is 3. The number of nitrogens with zero attached hydrogens (tertiary/aromatic N) is 5. The fourth-order valence-electron chi connectivity index (χ4n) is 2.77. The minimum Gasteiger partial charge on any atom is -0.368 e. The lowest BCUT2D eigenvalue weighted by Gasteiger charge is -2.37. The van der Waals surface area contributed by atoms with Gasteiger partial charge in [0.15, 0.2) is 0 Å². The second-order valence-electron chi connectivity index (χ2n) is 5.50. The van der Waals surface area contributed by atoms with Crippen molar-refractivity contribution in [3.8, 4) is 0 Å². The van der Waals surface area contributed by atoms with Crippen LogP contribution in [0.1, 0.15) is 26.7 Å². The Morgan fingerprint density at radius 1 is 1.05 bits per heavy atom. The summed E-state index contributed by atoms with van der Waals surface area (Å²) in [6.45, 7) is 7.49. The van der Waals surface area contributed by atoms with Crippen molar-refractivity contribution in [1.29, 1.82) is 0 Å². The molecule has 20 heavy (non-hydrogen) atoms. The summed E-state index contributed by atoms with van der Waals surface area (Å²) in [5, 5.41) is 0.581. The van der Waals surface area contributed by atoms with Crippen LogP contribution in [0.2, 0.25) is 0 Å². The van der Waals surface area contributed by atoms with E-state index in [4.69, 9.17) is 5.73 Å². The van der Waals surface area contributed by atoms with E-state index in [-0.39, 0.29) is 0 Å². The quantitative estimate of drug-likeness (QED) is 0.883. The Kier molecular flexibility index (Phi) is 3.87. The molecule has 0 radical (unpaired) electrons. The van der Waals surface area contributed by atoms with E-state index in [2.05, 4.69) is 38.6 Å². The van der Waals surface area contributed by atoms with Crippen LogP contribution in [0.5, 0.6) is 0 Å². The fraction of sp³-hybridized carbons (Fsp3) is 0.769. The molecule has 0 spiro atoms. The summed E-state index contributed by atoms with van der Waals surface area (Å²) in [6.07, 6.45) is 2.41. The van der Waals surface area contributed by atoms with Gasteiger partial charge in [-0.1, -0.05) is 6.92 Å². The molecule has 2 fully saturated rings. The lowest BCUT2D eigenvalue weighted by Crippen LogP contribution is -2.45. The summed E-state index contributed by atoms with van der Waals surface area (Å²) in [5.41, 5.74) is 5.89. The number of nitrogens with two attached hydrogens (primary N) is 1. The second kappa shape index (κ2) is 5.63. The van der Waals surface area contributed by atoms with E-state index >= 15 is 0 Å². The van der Waals surface area contributed by atoms with Gasteiger partial charge in [0.2, 0.25) is 17.8 Å². The molecule has 0 amide bonds. The lowest BCUT2D eigenvalue weighted by molar-refractivity contribution is 0.610. The molecule has 2 aliphatic heterocycles. The smallest absolute Gasteiger partial charge is 0.232 e. The van der Waals surface area contributed by atoms with Crippen LogP contribution in [0.15, 0.2) is 0 Å². The zero-order valence-electron chi connectivity index (χ0n) is 12.1. The maximum atomic E-state index is 5.89. The first kappa shape index (κ1) is 13.7. The van der Waals surface area contributed by atoms with Crippen molar-refractivity contribution in [2.75, 3.05) is 40.9 Å². The highest BCUT2D eigenvalue weighted by atomic mass is 32.2. The molecule has 2 aliphatic rings. The van der Waals surface area contributed by atoms with Crippen LogP contribution in [-0.2, 0) is 0 Å². The predicted octanol–water partition coefficient (Wildman–Crippen LogP) is 1.38. The van der Waals surface area contributed by atoms with Crippen LogP contribution in [0.4, 0.5) is 17.8 Å². The molecule has 3 rings (SSSR count). The maximum absolute atomic E-state index is 5.89. The van der Waals surface area contributed by atoms with Crippen LogP contribution in [-0.4, -0.2) is 51.6 Å². The second-order valence-corrected chi connectivity index (χ2v) is 6.98. The van der Waals surface area contributed by atoms with Gasteiger partial charge in [-0.3, -0.25) is 0 Å². The molecular formula is C13H22N6S. The molecule has 7 heteroatoms. The van der Waals surface area contributed by atoms with Gasteiger partial charge < -0.3 is 15.5 Å². The van der Waals surface area contributed by atoms with Crippen molar-refractivity contribution in [2.24, 2.45) is 0 Å². The van der Waals surface area contributed by atoms with Crippen LogP contribution < -0.4 is 15.5 Å². The van der Waals surface area contributed by atoms with Crippen LogP contribution in [0, 0.1) is 0 Å². The van der Waals surface area contributed by atoms with Gasteiger partial charge in [0.25, 0.3) is 0 Å². The largest absolute Gasteiger partial charge is 0.368 e. The van der Waals surface area contributed by atoms with Gasteiger partial charge >= 0.3 is 0 Å². The molecule has 3 heterocycles. The maximum Gasteiger partial charge on any atom is 0.232 e. The highest BCUT2D eigenvalue weighted by Crippen LogP contribution is 2.28. The van der Waals surface area contributed by atoms with E-state index in [1.54, 1.807) is 0 Å². The van der Waals surface area contributed by atoms with Crippen molar-refractivity contribution in [3.05, 3.63) is 0 Å². The Labute approximate surface area is 124 Å². The standard InChI is InChI=1S/C13H22N6S/c1-9-10(2)20-8-7-19(9)13-16-11(14)15-12(17-13)18-5-3-4-6-18/h9-10H,3-8H2,1-2H3,(H2,14,15,16,17). The number of hydrogen-bond donors (Lipinski definition) is 1. The monoisotopic (exact) mass is 294 g/mol. The third-order valence-corrected chi connectivity index (χ3v) is 5.50. The Morgan fingerprint density at radius 2 is 1.75 bits per heavy atom. The highest BCUT2D eigenvalue weighted by molar-refractivity contribution is 8.00. The minimum atomic E-state index is 0.329. The third kappa shape index (κ3) is 2.63.